The molecule has 5 heteroatoms. The van der Waals surface area contributed by atoms with Gasteiger partial charge in [-0.25, -0.2) is 4.98 Å². The Morgan fingerprint density at radius 2 is 2.05 bits per heavy atom. The van der Waals surface area contributed by atoms with E-state index < -0.39 is 0 Å². The van der Waals surface area contributed by atoms with Crippen LogP contribution in [0.5, 0.6) is 0 Å². The van der Waals surface area contributed by atoms with Crippen LogP contribution in [-0.4, -0.2) is 12.0 Å². The van der Waals surface area contributed by atoms with Crippen molar-refractivity contribution in [2.45, 2.75) is 6.54 Å². The number of hydrogen-bond donors (Lipinski definition) is 1. The second-order valence-electron chi connectivity index (χ2n) is 4.63. The quantitative estimate of drug-likeness (QED) is 0.738. The summed E-state index contributed by atoms with van der Waals surface area (Å²) in [6.07, 6.45) is 0. The molecule has 0 radical (unpaired) electrons. The normalized spacial score (nSPS) is 10.9. The topological polar surface area (TPSA) is 42.2 Å². The molecule has 0 fully saturated rings. The maximum atomic E-state index is 6.03. The molecule has 1 aromatic heterocycles. The molecule has 20 heavy (non-hydrogen) atoms. The molecule has 0 aliphatic rings. The van der Waals surface area contributed by atoms with Crippen molar-refractivity contribution in [3.63, 3.8) is 0 Å². The Hall–Kier alpha value is -1.78. The minimum absolute atomic E-state index is 0.686. The summed E-state index contributed by atoms with van der Waals surface area (Å²) < 4.78 is 1.20. The van der Waals surface area contributed by atoms with Gasteiger partial charge in [-0.1, -0.05) is 23.7 Å². The van der Waals surface area contributed by atoms with Crippen LogP contribution in [-0.2, 0) is 6.54 Å². The molecule has 102 valence electrons. The zero-order valence-electron chi connectivity index (χ0n) is 11.0. The zero-order valence-corrected chi connectivity index (χ0v) is 12.6. The van der Waals surface area contributed by atoms with E-state index in [0.717, 1.165) is 21.9 Å². The van der Waals surface area contributed by atoms with Crippen molar-refractivity contribution in [2.24, 2.45) is 0 Å². The smallest absolute Gasteiger partial charge is 0.113 e. The molecular formula is C15H14ClN3S. The van der Waals surface area contributed by atoms with Crippen LogP contribution in [0.1, 0.15) is 5.01 Å². The van der Waals surface area contributed by atoms with Crippen LogP contribution in [0.15, 0.2) is 42.5 Å². The fourth-order valence-corrected chi connectivity index (χ4v) is 3.31. The van der Waals surface area contributed by atoms with Crippen molar-refractivity contribution in [3.05, 3.63) is 52.5 Å². The summed E-state index contributed by atoms with van der Waals surface area (Å²) in [5.41, 5.74) is 8.69. The number of aromatic nitrogens is 1. The minimum atomic E-state index is 0.686. The van der Waals surface area contributed by atoms with Gasteiger partial charge in [0.1, 0.15) is 5.01 Å². The van der Waals surface area contributed by atoms with Gasteiger partial charge in [0, 0.05) is 12.1 Å². The third-order valence-corrected chi connectivity index (χ3v) is 4.37. The van der Waals surface area contributed by atoms with E-state index in [1.54, 1.807) is 17.4 Å². The SMILES string of the molecule is CN(Cc1nc2ccccc2s1)c1cc(Cl)ccc1N. The third-order valence-electron chi connectivity index (χ3n) is 3.11. The van der Waals surface area contributed by atoms with Crippen LogP contribution < -0.4 is 10.6 Å². The first-order chi connectivity index (χ1) is 9.63. The summed E-state index contributed by atoms with van der Waals surface area (Å²) in [5.74, 6) is 0. The molecular weight excluding hydrogens is 290 g/mol. The summed E-state index contributed by atoms with van der Waals surface area (Å²) >= 11 is 7.74. The molecule has 0 amide bonds. The standard InChI is InChI=1S/C15H14ClN3S/c1-19(13-8-10(16)6-7-11(13)17)9-15-18-12-4-2-3-5-14(12)20-15/h2-8H,9,17H2,1H3. The van der Waals surface area contributed by atoms with Crippen LogP contribution in [0, 0.1) is 0 Å². The van der Waals surface area contributed by atoms with Gasteiger partial charge in [0.2, 0.25) is 0 Å². The summed E-state index contributed by atoms with van der Waals surface area (Å²) in [6.45, 7) is 0.712. The van der Waals surface area contributed by atoms with Crippen molar-refractivity contribution >= 4 is 44.5 Å². The van der Waals surface area contributed by atoms with Crippen LogP contribution in [0.25, 0.3) is 10.2 Å². The van der Waals surface area contributed by atoms with Crippen LogP contribution >= 0.6 is 22.9 Å². The van der Waals surface area contributed by atoms with Crippen molar-refractivity contribution in [2.75, 3.05) is 17.7 Å². The number of thiazole rings is 1. The molecule has 0 aliphatic heterocycles. The Morgan fingerprint density at radius 1 is 1.25 bits per heavy atom. The van der Waals surface area contributed by atoms with Gasteiger partial charge in [-0.3, -0.25) is 0 Å². The highest BCUT2D eigenvalue weighted by molar-refractivity contribution is 7.18. The fourth-order valence-electron chi connectivity index (χ4n) is 2.12. The second kappa shape index (κ2) is 5.31. The van der Waals surface area contributed by atoms with E-state index in [2.05, 4.69) is 16.0 Å². The summed E-state index contributed by atoms with van der Waals surface area (Å²) in [5, 5.41) is 1.75. The molecule has 2 aromatic carbocycles. The van der Waals surface area contributed by atoms with E-state index in [0.29, 0.717) is 11.6 Å². The third kappa shape index (κ3) is 2.57. The van der Waals surface area contributed by atoms with E-state index in [1.165, 1.54) is 4.70 Å². The Morgan fingerprint density at radius 3 is 2.85 bits per heavy atom. The van der Waals surface area contributed by atoms with Crippen LogP contribution in [0.3, 0.4) is 0 Å². The molecule has 3 aromatic rings. The number of halogens is 1. The summed E-state index contributed by atoms with van der Waals surface area (Å²) in [4.78, 5) is 6.70. The first-order valence-electron chi connectivity index (χ1n) is 6.24. The maximum Gasteiger partial charge on any atom is 0.113 e. The molecule has 2 N–H and O–H groups in total. The molecule has 1 heterocycles. The highest BCUT2D eigenvalue weighted by atomic mass is 35.5. The lowest BCUT2D eigenvalue weighted by molar-refractivity contribution is 0.916. The second-order valence-corrected chi connectivity index (χ2v) is 6.19. The molecule has 0 aliphatic carbocycles. The Bertz CT molecular complexity index is 721. The molecule has 0 saturated heterocycles. The van der Waals surface area contributed by atoms with Crippen molar-refractivity contribution in [3.8, 4) is 0 Å². The van der Waals surface area contributed by atoms with E-state index in [1.807, 2.05) is 37.4 Å². The molecule has 0 atom stereocenters. The van der Waals surface area contributed by atoms with Gasteiger partial charge < -0.3 is 10.6 Å². The van der Waals surface area contributed by atoms with Crippen LogP contribution in [0.2, 0.25) is 5.02 Å². The number of fused-ring (bicyclic) bond motifs is 1. The number of hydrogen-bond acceptors (Lipinski definition) is 4. The zero-order chi connectivity index (χ0) is 14.1. The molecule has 0 unspecified atom stereocenters. The molecule has 0 saturated carbocycles. The number of anilines is 2. The number of nitrogens with two attached hydrogens (primary N) is 1. The van der Waals surface area contributed by atoms with E-state index >= 15 is 0 Å². The van der Waals surface area contributed by atoms with Crippen molar-refractivity contribution in [1.29, 1.82) is 0 Å². The van der Waals surface area contributed by atoms with E-state index in [4.69, 9.17) is 17.3 Å². The molecule has 3 nitrogen and oxygen atoms in total. The van der Waals surface area contributed by atoms with Gasteiger partial charge in [-0.05, 0) is 30.3 Å². The highest BCUT2D eigenvalue weighted by Crippen LogP contribution is 2.29. The predicted molar refractivity (Wildman–Crippen MR) is 87.6 cm³/mol. The fraction of sp³-hybridized carbons (Fsp3) is 0.133. The summed E-state index contributed by atoms with van der Waals surface area (Å²) in [6, 6.07) is 13.7. The average molecular weight is 304 g/mol. The Balaban J connectivity index is 1.88. The molecule has 0 bridgehead atoms. The first kappa shape index (κ1) is 13.2. The van der Waals surface area contributed by atoms with Crippen molar-refractivity contribution < 1.29 is 0 Å². The lowest BCUT2D eigenvalue weighted by atomic mass is 10.2. The molecule has 3 rings (SSSR count). The molecule has 0 spiro atoms. The summed E-state index contributed by atoms with van der Waals surface area (Å²) in [7, 11) is 1.99. The predicted octanol–water partition coefficient (Wildman–Crippen LogP) is 4.17. The lowest BCUT2D eigenvalue weighted by Crippen LogP contribution is -2.17. The number of nitrogens with zero attached hydrogens (tertiary/aromatic N) is 2. The maximum absolute atomic E-state index is 6.03. The van der Waals surface area contributed by atoms with Gasteiger partial charge >= 0.3 is 0 Å². The highest BCUT2D eigenvalue weighted by Gasteiger charge is 2.10. The van der Waals surface area contributed by atoms with Gasteiger partial charge in [0.05, 0.1) is 28.1 Å². The number of rotatable bonds is 3. The first-order valence-corrected chi connectivity index (χ1v) is 7.43. The number of benzene rings is 2. The van der Waals surface area contributed by atoms with Gasteiger partial charge in [0.15, 0.2) is 0 Å². The van der Waals surface area contributed by atoms with Gasteiger partial charge in [-0.15, -0.1) is 11.3 Å². The van der Waals surface area contributed by atoms with E-state index in [9.17, 15) is 0 Å². The lowest BCUT2D eigenvalue weighted by Gasteiger charge is -2.20. The minimum Gasteiger partial charge on any atom is -0.397 e. The monoisotopic (exact) mass is 303 g/mol. The van der Waals surface area contributed by atoms with Crippen LogP contribution in [0.4, 0.5) is 11.4 Å². The largest absolute Gasteiger partial charge is 0.397 e. The Kier molecular flexibility index (Phi) is 3.51. The van der Waals surface area contributed by atoms with Gasteiger partial charge in [-0.2, -0.15) is 0 Å². The van der Waals surface area contributed by atoms with E-state index in [-0.39, 0.29) is 0 Å². The number of nitrogen functional groups attached to an aromatic ring is 1. The van der Waals surface area contributed by atoms with Gasteiger partial charge in [0.25, 0.3) is 0 Å². The number of para-hydroxylation sites is 1. The Labute approximate surface area is 126 Å². The van der Waals surface area contributed by atoms with Crippen molar-refractivity contribution in [1.82, 2.24) is 4.98 Å². The average Bonchev–Trinajstić information content (AvgIpc) is 2.83.